The van der Waals surface area contributed by atoms with E-state index in [9.17, 15) is 23.1 Å². The first-order valence-electron chi connectivity index (χ1n) is 14.1. The maximum Gasteiger partial charge on any atom is 0.395 e. The summed E-state index contributed by atoms with van der Waals surface area (Å²) in [6, 6.07) is 11.3. The van der Waals surface area contributed by atoms with Gasteiger partial charge in [0.1, 0.15) is 0 Å². The summed E-state index contributed by atoms with van der Waals surface area (Å²) in [5.74, 6) is 1.16. The lowest BCUT2D eigenvalue weighted by Crippen LogP contribution is -2.53. The summed E-state index contributed by atoms with van der Waals surface area (Å²) in [4.78, 5) is 21.1. The number of pyridine rings is 1. The van der Waals surface area contributed by atoms with Crippen LogP contribution in [0.5, 0.6) is 5.88 Å². The van der Waals surface area contributed by atoms with Gasteiger partial charge in [0.2, 0.25) is 5.88 Å². The number of hydrogen-bond acceptors (Lipinski definition) is 5. The summed E-state index contributed by atoms with van der Waals surface area (Å²) in [7, 11) is 0. The minimum Gasteiger partial charge on any atom is -0.477 e. The second kappa shape index (κ2) is 11.8. The van der Waals surface area contributed by atoms with Crippen molar-refractivity contribution in [3.8, 4) is 17.0 Å². The molecule has 2 aromatic rings. The third-order valence-corrected chi connectivity index (χ3v) is 8.97. The predicted molar refractivity (Wildman–Crippen MR) is 142 cm³/mol. The number of aliphatic hydroxyl groups is 1. The topological polar surface area (TPSA) is 65.9 Å². The Morgan fingerprint density at radius 3 is 2.13 bits per heavy atom. The van der Waals surface area contributed by atoms with Crippen molar-refractivity contribution in [2.24, 2.45) is 17.3 Å². The summed E-state index contributed by atoms with van der Waals surface area (Å²) in [5.41, 5.74) is 1.05. The van der Waals surface area contributed by atoms with Crippen molar-refractivity contribution in [1.82, 2.24) is 14.8 Å². The Hall–Kier alpha value is -2.65. The van der Waals surface area contributed by atoms with Crippen LogP contribution in [-0.2, 0) is 0 Å². The molecular formula is C30H38F3N3O3. The molecule has 0 unspecified atom stereocenters. The molecule has 1 aromatic carbocycles. The molecule has 0 bridgehead atoms. The van der Waals surface area contributed by atoms with E-state index >= 15 is 0 Å². The Morgan fingerprint density at radius 1 is 0.949 bits per heavy atom. The molecule has 212 valence electrons. The molecule has 1 aliphatic carbocycles. The number of carbonyl (C=O) groups is 1. The van der Waals surface area contributed by atoms with Crippen molar-refractivity contribution in [1.29, 1.82) is 0 Å². The van der Waals surface area contributed by atoms with Crippen molar-refractivity contribution in [2.45, 2.75) is 51.1 Å². The van der Waals surface area contributed by atoms with Gasteiger partial charge in [-0.2, -0.15) is 13.2 Å². The fraction of sp³-hybridized carbons (Fsp3) is 0.600. The SMILES string of the molecule is O=C(c1ccc(-c2ccc(OCC3CCN(CC4(C(F)(F)F)CCC4)CC3)nc2)cc1)N1CCC(CO)CC1. The van der Waals surface area contributed by atoms with E-state index in [0.717, 1.165) is 36.8 Å². The van der Waals surface area contributed by atoms with Crippen LogP contribution >= 0.6 is 0 Å². The van der Waals surface area contributed by atoms with E-state index < -0.39 is 11.6 Å². The molecule has 6 nitrogen and oxygen atoms in total. The van der Waals surface area contributed by atoms with Gasteiger partial charge in [0, 0.05) is 49.6 Å². The number of carbonyl (C=O) groups excluding carboxylic acids is 1. The van der Waals surface area contributed by atoms with Crippen LogP contribution in [-0.4, -0.2) is 77.9 Å². The van der Waals surface area contributed by atoms with E-state index in [-0.39, 0.29) is 31.9 Å². The summed E-state index contributed by atoms with van der Waals surface area (Å²) in [5, 5.41) is 9.30. The van der Waals surface area contributed by atoms with Crippen LogP contribution in [0, 0.1) is 17.3 Å². The van der Waals surface area contributed by atoms with Crippen LogP contribution in [0.4, 0.5) is 13.2 Å². The maximum absolute atomic E-state index is 13.5. The first-order chi connectivity index (χ1) is 18.8. The van der Waals surface area contributed by atoms with E-state index in [2.05, 4.69) is 4.98 Å². The average Bonchev–Trinajstić information content (AvgIpc) is 2.94. The number of hydrogen-bond donors (Lipinski definition) is 1. The number of halogens is 3. The van der Waals surface area contributed by atoms with Gasteiger partial charge in [0.15, 0.2) is 0 Å². The molecule has 1 saturated carbocycles. The molecule has 5 rings (SSSR count). The third-order valence-electron chi connectivity index (χ3n) is 8.97. The van der Waals surface area contributed by atoms with Crippen LogP contribution < -0.4 is 4.74 Å². The molecule has 0 atom stereocenters. The minimum absolute atomic E-state index is 0.0218. The summed E-state index contributed by atoms with van der Waals surface area (Å²) in [6.45, 7) is 3.53. The fourth-order valence-corrected chi connectivity index (χ4v) is 6.02. The Bertz CT molecular complexity index is 1090. The first kappa shape index (κ1) is 27.9. The van der Waals surface area contributed by atoms with Gasteiger partial charge in [-0.25, -0.2) is 4.98 Å². The van der Waals surface area contributed by atoms with Gasteiger partial charge in [0.05, 0.1) is 12.0 Å². The van der Waals surface area contributed by atoms with Gasteiger partial charge in [-0.3, -0.25) is 4.79 Å². The van der Waals surface area contributed by atoms with E-state index in [1.165, 1.54) is 0 Å². The quantitative estimate of drug-likeness (QED) is 0.480. The van der Waals surface area contributed by atoms with E-state index in [0.29, 0.717) is 62.5 Å². The molecule has 3 fully saturated rings. The minimum atomic E-state index is -4.11. The Morgan fingerprint density at radius 2 is 1.59 bits per heavy atom. The zero-order valence-electron chi connectivity index (χ0n) is 22.3. The van der Waals surface area contributed by atoms with Crippen molar-refractivity contribution in [3.05, 3.63) is 48.2 Å². The van der Waals surface area contributed by atoms with E-state index in [1.54, 1.807) is 6.20 Å². The van der Waals surface area contributed by atoms with Gasteiger partial charge in [-0.15, -0.1) is 0 Å². The highest BCUT2D eigenvalue weighted by atomic mass is 19.4. The van der Waals surface area contributed by atoms with E-state index in [1.807, 2.05) is 46.2 Å². The number of piperidine rings is 2. The molecule has 1 amide bonds. The molecule has 3 heterocycles. The lowest BCUT2D eigenvalue weighted by molar-refractivity contribution is -0.256. The third kappa shape index (κ3) is 6.40. The standard InChI is InChI=1S/C30H38F3N3O3/c31-30(32,33)29(12-1-13-29)21-35-14-8-23(9-15-35)20-39-27-7-6-26(18-34-27)24-2-4-25(5-3-24)28(38)36-16-10-22(19-37)11-17-36/h2-7,18,22-23,37H,1,8-17,19-21H2. The van der Waals surface area contributed by atoms with Gasteiger partial charge >= 0.3 is 6.18 Å². The van der Waals surface area contributed by atoms with Crippen LogP contribution in [0.15, 0.2) is 42.6 Å². The van der Waals surface area contributed by atoms with E-state index in [4.69, 9.17) is 4.74 Å². The number of nitrogens with zero attached hydrogens (tertiary/aromatic N) is 3. The highest BCUT2D eigenvalue weighted by molar-refractivity contribution is 5.94. The maximum atomic E-state index is 13.5. The Kier molecular flexibility index (Phi) is 8.47. The number of aromatic nitrogens is 1. The monoisotopic (exact) mass is 545 g/mol. The number of likely N-dealkylation sites (tertiary alicyclic amines) is 2. The largest absolute Gasteiger partial charge is 0.477 e. The molecule has 1 N–H and O–H groups in total. The number of aliphatic hydroxyl groups excluding tert-OH is 1. The average molecular weight is 546 g/mol. The molecule has 1 aromatic heterocycles. The molecule has 39 heavy (non-hydrogen) atoms. The van der Waals surface area contributed by atoms with Gasteiger partial charge < -0.3 is 19.6 Å². The smallest absolute Gasteiger partial charge is 0.395 e. The predicted octanol–water partition coefficient (Wildman–Crippen LogP) is 5.42. The number of benzene rings is 1. The molecular weight excluding hydrogens is 507 g/mol. The normalized spacial score (nSPS) is 21.0. The highest BCUT2D eigenvalue weighted by Gasteiger charge is 2.58. The fourth-order valence-electron chi connectivity index (χ4n) is 6.02. The lowest BCUT2D eigenvalue weighted by Gasteiger charge is -2.47. The number of ether oxygens (including phenoxy) is 1. The van der Waals surface area contributed by atoms with Crippen LogP contribution in [0.25, 0.3) is 11.1 Å². The molecule has 2 aliphatic heterocycles. The zero-order valence-corrected chi connectivity index (χ0v) is 22.3. The second-order valence-corrected chi connectivity index (χ2v) is 11.5. The molecule has 0 radical (unpaired) electrons. The molecule has 3 aliphatic rings. The zero-order chi connectivity index (χ0) is 27.5. The molecule has 2 saturated heterocycles. The highest BCUT2D eigenvalue weighted by Crippen LogP contribution is 2.53. The summed E-state index contributed by atoms with van der Waals surface area (Å²) < 4.78 is 46.4. The van der Waals surface area contributed by atoms with Crippen molar-refractivity contribution < 1.29 is 27.8 Å². The number of amides is 1. The van der Waals surface area contributed by atoms with Crippen molar-refractivity contribution in [2.75, 3.05) is 45.9 Å². The summed E-state index contributed by atoms with van der Waals surface area (Å²) in [6.07, 6.45) is 2.16. The van der Waals surface area contributed by atoms with Crippen molar-refractivity contribution in [3.63, 3.8) is 0 Å². The van der Waals surface area contributed by atoms with Gasteiger partial charge in [0.25, 0.3) is 5.91 Å². The number of alkyl halides is 3. The first-order valence-corrected chi connectivity index (χ1v) is 14.1. The van der Waals surface area contributed by atoms with Crippen LogP contribution in [0.2, 0.25) is 0 Å². The van der Waals surface area contributed by atoms with Gasteiger partial charge in [-0.05, 0) is 87.2 Å². The van der Waals surface area contributed by atoms with Crippen LogP contribution in [0.3, 0.4) is 0 Å². The Balaban J connectivity index is 1.07. The molecule has 0 spiro atoms. The van der Waals surface area contributed by atoms with Crippen LogP contribution in [0.1, 0.15) is 55.3 Å². The van der Waals surface area contributed by atoms with Gasteiger partial charge in [-0.1, -0.05) is 18.6 Å². The van der Waals surface area contributed by atoms with Crippen molar-refractivity contribution >= 4 is 5.91 Å². The number of rotatable bonds is 8. The second-order valence-electron chi connectivity index (χ2n) is 11.5. The molecule has 9 heteroatoms. The summed E-state index contributed by atoms with van der Waals surface area (Å²) >= 11 is 0. The lowest BCUT2D eigenvalue weighted by atomic mass is 9.67. The Labute approximate surface area is 228 Å².